The molecular weight excluding hydrogens is 156 g/mol. The lowest BCUT2D eigenvalue weighted by Gasteiger charge is -1.94. The second-order valence-corrected chi connectivity index (χ2v) is 3.30. The lowest BCUT2D eigenvalue weighted by atomic mass is 10.2. The van der Waals surface area contributed by atoms with Gasteiger partial charge >= 0.3 is 0 Å². The molecule has 0 spiro atoms. The molecule has 0 unspecified atom stereocenters. The summed E-state index contributed by atoms with van der Waals surface area (Å²) in [6.45, 7) is 2.02. The van der Waals surface area contributed by atoms with E-state index >= 15 is 0 Å². The Morgan fingerprint density at radius 1 is 1.55 bits per heavy atom. The normalized spacial score (nSPS) is 10.3. The Hall–Kier alpha value is -1.09. The SMILES string of the molecule is Cc1c[n-]nc1-c1cccs1. The summed E-state index contributed by atoms with van der Waals surface area (Å²) in [7, 11) is 0. The molecule has 0 N–H and O–H groups in total. The fourth-order valence-corrected chi connectivity index (χ4v) is 1.74. The third-order valence-corrected chi connectivity index (χ3v) is 2.41. The predicted molar refractivity (Wildman–Crippen MR) is 45.6 cm³/mol. The molecule has 0 aliphatic rings. The molecule has 2 nitrogen and oxygen atoms in total. The van der Waals surface area contributed by atoms with E-state index in [2.05, 4.69) is 16.3 Å². The lowest BCUT2D eigenvalue weighted by Crippen LogP contribution is -1.74. The molecule has 0 amide bonds. The molecule has 0 saturated carbocycles. The van der Waals surface area contributed by atoms with E-state index < -0.39 is 0 Å². The van der Waals surface area contributed by atoms with Gasteiger partial charge in [-0.2, -0.15) is 6.20 Å². The fourth-order valence-electron chi connectivity index (χ4n) is 0.970. The van der Waals surface area contributed by atoms with E-state index in [0.717, 1.165) is 11.3 Å². The van der Waals surface area contributed by atoms with Gasteiger partial charge in [-0.3, -0.25) is 0 Å². The summed E-state index contributed by atoms with van der Waals surface area (Å²) >= 11 is 1.69. The monoisotopic (exact) mass is 163 g/mol. The molecule has 0 aliphatic heterocycles. The summed E-state index contributed by atoms with van der Waals surface area (Å²) in [5.74, 6) is 0. The van der Waals surface area contributed by atoms with Gasteiger partial charge in [0.25, 0.3) is 0 Å². The molecule has 0 saturated heterocycles. The lowest BCUT2D eigenvalue weighted by molar-refractivity contribution is 1.07. The van der Waals surface area contributed by atoms with Crippen LogP contribution >= 0.6 is 11.3 Å². The van der Waals surface area contributed by atoms with Gasteiger partial charge in [-0.25, -0.2) is 0 Å². The first-order valence-corrected chi connectivity index (χ1v) is 4.25. The van der Waals surface area contributed by atoms with Gasteiger partial charge in [-0.05, 0) is 23.9 Å². The number of thiophene rings is 1. The van der Waals surface area contributed by atoms with Crippen molar-refractivity contribution in [2.45, 2.75) is 6.92 Å². The van der Waals surface area contributed by atoms with Crippen molar-refractivity contribution >= 4 is 11.3 Å². The van der Waals surface area contributed by atoms with Gasteiger partial charge in [0.15, 0.2) is 0 Å². The summed E-state index contributed by atoms with van der Waals surface area (Å²) in [4.78, 5) is 1.19. The largest absolute Gasteiger partial charge is 0.581 e. The van der Waals surface area contributed by atoms with E-state index in [1.165, 1.54) is 4.88 Å². The maximum Gasteiger partial charge on any atom is 0.0598 e. The van der Waals surface area contributed by atoms with Crippen LogP contribution in [0.2, 0.25) is 0 Å². The minimum atomic E-state index is 1.01. The van der Waals surface area contributed by atoms with Crippen LogP contribution in [0.15, 0.2) is 23.7 Å². The van der Waals surface area contributed by atoms with E-state index in [1.807, 2.05) is 18.4 Å². The predicted octanol–water partition coefficient (Wildman–Crippen LogP) is 2.08. The third kappa shape index (κ3) is 1.07. The molecule has 2 rings (SSSR count). The summed E-state index contributed by atoms with van der Waals surface area (Å²) in [5.41, 5.74) is 2.16. The first kappa shape index (κ1) is 6.61. The Balaban J connectivity index is 2.53. The van der Waals surface area contributed by atoms with E-state index in [-0.39, 0.29) is 0 Å². The van der Waals surface area contributed by atoms with Crippen LogP contribution in [0.4, 0.5) is 0 Å². The van der Waals surface area contributed by atoms with Crippen LogP contribution < -0.4 is 5.10 Å². The summed E-state index contributed by atoms with van der Waals surface area (Å²) in [5, 5.41) is 9.90. The van der Waals surface area contributed by atoms with Crippen LogP contribution in [-0.2, 0) is 0 Å². The van der Waals surface area contributed by atoms with Crippen molar-refractivity contribution < 1.29 is 0 Å². The van der Waals surface area contributed by atoms with Gasteiger partial charge in [-0.1, -0.05) is 6.07 Å². The van der Waals surface area contributed by atoms with Crippen molar-refractivity contribution in [3.8, 4) is 10.6 Å². The highest BCUT2D eigenvalue weighted by molar-refractivity contribution is 7.13. The molecule has 0 aliphatic carbocycles. The number of aromatic nitrogens is 2. The molecule has 0 radical (unpaired) electrons. The Bertz CT molecular complexity index is 335. The molecule has 0 aromatic carbocycles. The fraction of sp³-hybridized carbons (Fsp3) is 0.125. The van der Waals surface area contributed by atoms with Gasteiger partial charge < -0.3 is 10.2 Å². The Kier molecular flexibility index (Phi) is 1.51. The topological polar surface area (TPSA) is 27.0 Å². The minimum absolute atomic E-state index is 1.01. The van der Waals surface area contributed by atoms with Gasteiger partial charge in [0.1, 0.15) is 0 Å². The molecule has 3 heteroatoms. The van der Waals surface area contributed by atoms with Crippen LogP contribution in [0.5, 0.6) is 0 Å². The number of rotatable bonds is 1. The maximum absolute atomic E-state index is 4.02. The number of hydrogen-bond acceptors (Lipinski definition) is 2. The van der Waals surface area contributed by atoms with Crippen LogP contribution in [0, 0.1) is 6.92 Å². The molecule has 56 valence electrons. The molecule has 0 atom stereocenters. The Labute approximate surface area is 68.9 Å². The molecule has 0 bridgehead atoms. The average molecular weight is 163 g/mol. The summed E-state index contributed by atoms with van der Waals surface area (Å²) in [6, 6.07) is 4.08. The van der Waals surface area contributed by atoms with E-state index in [4.69, 9.17) is 0 Å². The first-order valence-electron chi connectivity index (χ1n) is 3.37. The number of aryl methyl sites for hydroxylation is 1. The number of nitrogens with zero attached hydrogens (tertiary/aromatic N) is 2. The van der Waals surface area contributed by atoms with Gasteiger partial charge in [0.05, 0.1) is 10.6 Å². The Morgan fingerprint density at radius 3 is 3.00 bits per heavy atom. The van der Waals surface area contributed by atoms with Gasteiger partial charge in [0.2, 0.25) is 0 Å². The molecule has 2 heterocycles. The zero-order chi connectivity index (χ0) is 7.68. The molecule has 11 heavy (non-hydrogen) atoms. The second kappa shape index (κ2) is 2.51. The van der Waals surface area contributed by atoms with E-state index in [1.54, 1.807) is 17.5 Å². The molecule has 0 fully saturated rings. The second-order valence-electron chi connectivity index (χ2n) is 2.35. The average Bonchev–Trinajstić information content (AvgIpc) is 2.55. The Morgan fingerprint density at radius 2 is 2.45 bits per heavy atom. The first-order chi connectivity index (χ1) is 5.38. The van der Waals surface area contributed by atoms with Crippen molar-refractivity contribution in [3.05, 3.63) is 29.3 Å². The smallest absolute Gasteiger partial charge is 0.0598 e. The maximum atomic E-state index is 4.02. The number of hydrogen-bond donors (Lipinski definition) is 0. The quantitative estimate of drug-likeness (QED) is 0.643. The van der Waals surface area contributed by atoms with E-state index in [9.17, 15) is 0 Å². The molecular formula is C8H7N2S-. The standard InChI is InChI=1S/C8H7N2S/c1-6-5-9-10-8(6)7-3-2-4-11-7/h2-5H,1H3/q-1. The van der Waals surface area contributed by atoms with Gasteiger partial charge in [-0.15, -0.1) is 11.3 Å². The molecule has 2 aromatic heterocycles. The van der Waals surface area contributed by atoms with Gasteiger partial charge in [0, 0.05) is 0 Å². The zero-order valence-electron chi connectivity index (χ0n) is 6.11. The highest BCUT2D eigenvalue weighted by Crippen LogP contribution is 2.24. The highest BCUT2D eigenvalue weighted by atomic mass is 32.1. The van der Waals surface area contributed by atoms with Crippen molar-refractivity contribution in [1.29, 1.82) is 0 Å². The molecule has 2 aromatic rings. The van der Waals surface area contributed by atoms with Crippen molar-refractivity contribution in [1.82, 2.24) is 10.2 Å². The van der Waals surface area contributed by atoms with Crippen molar-refractivity contribution in [2.24, 2.45) is 0 Å². The van der Waals surface area contributed by atoms with Crippen LogP contribution in [0.3, 0.4) is 0 Å². The summed E-state index contributed by atoms with van der Waals surface area (Å²) in [6.07, 6.45) is 1.79. The van der Waals surface area contributed by atoms with Crippen molar-refractivity contribution in [2.75, 3.05) is 0 Å². The highest BCUT2D eigenvalue weighted by Gasteiger charge is 1.98. The summed E-state index contributed by atoms with van der Waals surface area (Å²) < 4.78 is 0. The van der Waals surface area contributed by atoms with E-state index in [0.29, 0.717) is 0 Å². The van der Waals surface area contributed by atoms with Crippen LogP contribution in [-0.4, -0.2) is 5.10 Å². The third-order valence-electron chi connectivity index (χ3n) is 1.54. The zero-order valence-corrected chi connectivity index (χ0v) is 6.93. The minimum Gasteiger partial charge on any atom is -0.581 e. The van der Waals surface area contributed by atoms with Crippen molar-refractivity contribution in [3.63, 3.8) is 0 Å². The van der Waals surface area contributed by atoms with Crippen LogP contribution in [0.1, 0.15) is 5.56 Å². The van der Waals surface area contributed by atoms with Crippen LogP contribution in [0.25, 0.3) is 10.6 Å².